The largest absolute Gasteiger partial charge is 0.310 e. The van der Waals surface area contributed by atoms with Crippen molar-refractivity contribution < 1.29 is 9.59 Å². The van der Waals surface area contributed by atoms with Gasteiger partial charge < -0.3 is 5.32 Å². The van der Waals surface area contributed by atoms with Gasteiger partial charge in [-0.25, -0.2) is 4.98 Å². The summed E-state index contributed by atoms with van der Waals surface area (Å²) in [6, 6.07) is 5.16. The van der Waals surface area contributed by atoms with E-state index in [2.05, 4.69) is 34.2 Å². The first-order valence-electron chi connectivity index (χ1n) is 10.1. The molecule has 0 bridgehead atoms. The van der Waals surface area contributed by atoms with Gasteiger partial charge in [-0.05, 0) is 42.5 Å². The molecule has 0 saturated heterocycles. The average Bonchev–Trinajstić information content (AvgIpc) is 3.23. The number of nitrogens with zero attached hydrogens (tertiary/aromatic N) is 4. The molecule has 1 unspecified atom stereocenters. The van der Waals surface area contributed by atoms with Gasteiger partial charge in [0.15, 0.2) is 5.78 Å². The highest BCUT2D eigenvalue weighted by Crippen LogP contribution is 2.39. The summed E-state index contributed by atoms with van der Waals surface area (Å²) in [6.07, 6.45) is 5.80. The van der Waals surface area contributed by atoms with Crippen LogP contribution in [0.25, 0.3) is 11.1 Å². The molecule has 0 saturated carbocycles. The fraction of sp³-hybridized carbons (Fsp3) is 0.348. The van der Waals surface area contributed by atoms with Crippen LogP contribution in [0.3, 0.4) is 0 Å². The molecule has 7 nitrogen and oxygen atoms in total. The van der Waals surface area contributed by atoms with Crippen LogP contribution in [0.15, 0.2) is 36.8 Å². The summed E-state index contributed by atoms with van der Waals surface area (Å²) in [6.45, 7) is 8.51. The van der Waals surface area contributed by atoms with Crippen LogP contribution in [0.5, 0.6) is 0 Å². The van der Waals surface area contributed by atoms with Crippen molar-refractivity contribution in [2.75, 3.05) is 5.32 Å². The Morgan fingerprint density at radius 1 is 1.19 bits per heavy atom. The minimum atomic E-state index is -0.483. The molecule has 0 spiro atoms. The van der Waals surface area contributed by atoms with Gasteiger partial charge in [-0.1, -0.05) is 25.4 Å². The number of hydrogen-bond donors (Lipinski definition) is 1. The number of ketones is 1. The van der Waals surface area contributed by atoms with Gasteiger partial charge in [0.05, 0.1) is 17.1 Å². The zero-order valence-corrected chi connectivity index (χ0v) is 18.7. The lowest BCUT2D eigenvalue weighted by molar-refractivity contribution is -0.117. The van der Waals surface area contributed by atoms with Crippen molar-refractivity contribution in [2.45, 2.75) is 46.6 Å². The lowest BCUT2D eigenvalue weighted by Gasteiger charge is -2.15. The van der Waals surface area contributed by atoms with E-state index in [0.29, 0.717) is 22.1 Å². The summed E-state index contributed by atoms with van der Waals surface area (Å²) in [5.74, 6) is -0.448. The van der Waals surface area contributed by atoms with Crippen LogP contribution in [0, 0.1) is 5.41 Å². The van der Waals surface area contributed by atoms with Crippen molar-refractivity contribution in [3.05, 3.63) is 58.8 Å². The lowest BCUT2D eigenvalue weighted by Crippen LogP contribution is -2.20. The van der Waals surface area contributed by atoms with Crippen molar-refractivity contribution in [3.63, 3.8) is 0 Å². The minimum Gasteiger partial charge on any atom is -0.310 e. The number of carbonyl (C=O) groups excluding carboxylic acids is 2. The predicted molar refractivity (Wildman–Crippen MR) is 119 cm³/mol. The van der Waals surface area contributed by atoms with Gasteiger partial charge in [-0.15, -0.1) is 0 Å². The van der Waals surface area contributed by atoms with Gasteiger partial charge in [0.2, 0.25) is 5.91 Å². The number of rotatable bonds is 5. The SMILES string of the molecule is CC(=O)c1cc(C(C)C(=O)Nc2cc(-c3cnn4c3CC(C)(C)C4)c(Cl)cn2)ccn1. The number of Topliss-reactive ketones (excluding diaryl/α,β-unsaturated/α-hetero) is 1. The van der Waals surface area contributed by atoms with Crippen LogP contribution in [-0.2, 0) is 17.8 Å². The quantitative estimate of drug-likeness (QED) is 0.592. The zero-order valence-electron chi connectivity index (χ0n) is 17.9. The number of amides is 1. The third kappa shape index (κ3) is 4.23. The van der Waals surface area contributed by atoms with Gasteiger partial charge in [0.25, 0.3) is 0 Å². The molecule has 1 atom stereocenters. The number of fused-ring (bicyclic) bond motifs is 1. The number of carbonyl (C=O) groups is 2. The van der Waals surface area contributed by atoms with E-state index in [1.54, 1.807) is 31.3 Å². The second kappa shape index (κ2) is 7.89. The summed E-state index contributed by atoms with van der Waals surface area (Å²) in [5, 5.41) is 7.88. The maximum absolute atomic E-state index is 12.8. The standard InChI is InChI=1S/C23H24ClN5O2/c1-13(15-5-6-25-19(7-15)14(2)30)22(31)28-21-8-16(18(24)11-26-21)17-10-27-29-12-23(3,4)9-20(17)29/h5-8,10-11,13H,9,12H2,1-4H3,(H,26,28,31). The molecule has 1 aliphatic rings. The van der Waals surface area contributed by atoms with E-state index >= 15 is 0 Å². The van der Waals surface area contributed by atoms with Gasteiger partial charge in [0.1, 0.15) is 11.5 Å². The van der Waals surface area contributed by atoms with E-state index in [-0.39, 0.29) is 17.1 Å². The summed E-state index contributed by atoms with van der Waals surface area (Å²) in [4.78, 5) is 32.7. The fourth-order valence-corrected chi connectivity index (χ4v) is 4.09. The van der Waals surface area contributed by atoms with Crippen molar-refractivity contribution in [2.24, 2.45) is 5.41 Å². The number of halogens is 1. The molecule has 0 aliphatic carbocycles. The molecule has 160 valence electrons. The Kier molecular flexibility index (Phi) is 5.39. The first-order chi connectivity index (χ1) is 14.6. The van der Waals surface area contributed by atoms with Crippen molar-refractivity contribution in [3.8, 4) is 11.1 Å². The van der Waals surface area contributed by atoms with Gasteiger partial charge >= 0.3 is 0 Å². The molecule has 3 aromatic heterocycles. The third-order valence-corrected chi connectivity index (χ3v) is 5.91. The van der Waals surface area contributed by atoms with E-state index in [4.69, 9.17) is 11.6 Å². The molecule has 31 heavy (non-hydrogen) atoms. The van der Waals surface area contributed by atoms with E-state index in [9.17, 15) is 9.59 Å². The van der Waals surface area contributed by atoms with Crippen LogP contribution in [0.2, 0.25) is 5.02 Å². The van der Waals surface area contributed by atoms with E-state index in [0.717, 1.165) is 29.8 Å². The normalized spacial score (nSPS) is 15.4. The van der Waals surface area contributed by atoms with Crippen LogP contribution >= 0.6 is 11.6 Å². The molecule has 0 aromatic carbocycles. The number of pyridine rings is 2. The molecule has 3 aromatic rings. The van der Waals surface area contributed by atoms with Crippen molar-refractivity contribution >= 4 is 29.1 Å². The Labute approximate surface area is 185 Å². The number of nitrogens with one attached hydrogen (secondary N) is 1. The lowest BCUT2D eigenvalue weighted by atomic mass is 9.89. The molecule has 0 radical (unpaired) electrons. The summed E-state index contributed by atoms with van der Waals surface area (Å²) in [5.41, 5.74) is 4.08. The fourth-order valence-electron chi connectivity index (χ4n) is 3.88. The molecule has 8 heteroatoms. The summed E-state index contributed by atoms with van der Waals surface area (Å²) >= 11 is 6.45. The Hall–Kier alpha value is -3.06. The maximum atomic E-state index is 12.8. The van der Waals surface area contributed by atoms with Crippen molar-refractivity contribution in [1.29, 1.82) is 0 Å². The monoisotopic (exact) mass is 437 g/mol. The zero-order chi connectivity index (χ0) is 22.3. The number of hydrogen-bond acceptors (Lipinski definition) is 5. The highest BCUT2D eigenvalue weighted by molar-refractivity contribution is 6.33. The number of anilines is 1. The first-order valence-corrected chi connectivity index (χ1v) is 10.5. The Bertz CT molecular complexity index is 1180. The van der Waals surface area contributed by atoms with Gasteiger partial charge in [-0.2, -0.15) is 5.10 Å². The number of aromatic nitrogens is 4. The molecule has 1 N–H and O–H groups in total. The topological polar surface area (TPSA) is 89.8 Å². The Balaban J connectivity index is 1.58. The van der Waals surface area contributed by atoms with Gasteiger partial charge in [-0.3, -0.25) is 19.3 Å². The average molecular weight is 438 g/mol. The van der Waals surface area contributed by atoms with E-state index in [1.165, 1.54) is 13.1 Å². The molecule has 4 heterocycles. The first kappa shape index (κ1) is 21.2. The Morgan fingerprint density at radius 3 is 2.71 bits per heavy atom. The highest BCUT2D eigenvalue weighted by atomic mass is 35.5. The van der Waals surface area contributed by atoms with Crippen LogP contribution < -0.4 is 5.32 Å². The summed E-state index contributed by atoms with van der Waals surface area (Å²) < 4.78 is 2.02. The van der Waals surface area contributed by atoms with Crippen molar-refractivity contribution in [1.82, 2.24) is 19.7 Å². The van der Waals surface area contributed by atoms with E-state index in [1.807, 2.05) is 10.9 Å². The molecule has 1 amide bonds. The van der Waals surface area contributed by atoms with Crippen LogP contribution in [0.4, 0.5) is 5.82 Å². The minimum absolute atomic E-state index is 0.143. The highest BCUT2D eigenvalue weighted by Gasteiger charge is 2.32. The van der Waals surface area contributed by atoms with Gasteiger partial charge in [0, 0.05) is 42.7 Å². The summed E-state index contributed by atoms with van der Waals surface area (Å²) in [7, 11) is 0. The second-order valence-electron chi connectivity index (χ2n) is 8.79. The van der Waals surface area contributed by atoms with Crippen LogP contribution in [-0.4, -0.2) is 31.4 Å². The molecule has 0 fully saturated rings. The molecule has 1 aliphatic heterocycles. The molecular weight excluding hydrogens is 414 g/mol. The van der Waals surface area contributed by atoms with Crippen LogP contribution in [0.1, 0.15) is 55.4 Å². The third-order valence-electron chi connectivity index (χ3n) is 5.61. The second-order valence-corrected chi connectivity index (χ2v) is 9.20. The Morgan fingerprint density at radius 2 is 1.97 bits per heavy atom. The maximum Gasteiger partial charge on any atom is 0.232 e. The molecular formula is C23H24ClN5O2. The van der Waals surface area contributed by atoms with E-state index < -0.39 is 5.92 Å². The predicted octanol–water partition coefficient (Wildman–Crippen LogP) is 4.52. The molecule has 4 rings (SSSR count). The smallest absolute Gasteiger partial charge is 0.232 e.